The van der Waals surface area contributed by atoms with E-state index in [4.69, 9.17) is 0 Å². The molecule has 0 spiro atoms. The summed E-state index contributed by atoms with van der Waals surface area (Å²) in [6, 6.07) is 21.5. The molecule has 2 aromatic heterocycles. The molecule has 0 fully saturated rings. The van der Waals surface area contributed by atoms with Crippen LogP contribution in [0.25, 0.3) is 33.4 Å². The fourth-order valence-electron chi connectivity index (χ4n) is 3.91. The average molecular weight is 381 g/mol. The second kappa shape index (κ2) is 6.74. The number of nitrogens with zero attached hydrogens (tertiary/aromatic N) is 3. The fourth-order valence-corrected chi connectivity index (χ4v) is 3.91. The van der Waals surface area contributed by atoms with Crippen molar-refractivity contribution in [3.63, 3.8) is 0 Å². The molecule has 3 aromatic carbocycles. The van der Waals surface area contributed by atoms with Gasteiger partial charge in [-0.15, -0.1) is 0 Å². The molecule has 29 heavy (non-hydrogen) atoms. The Kier molecular flexibility index (Phi) is 4.06. The lowest BCUT2D eigenvalue weighted by Gasteiger charge is -2.11. The number of fused-ring (bicyclic) bond motifs is 1. The molecule has 0 saturated heterocycles. The predicted octanol–water partition coefficient (Wildman–Crippen LogP) is 6.24. The monoisotopic (exact) mass is 381 g/mol. The van der Waals surface area contributed by atoms with Gasteiger partial charge in [0.15, 0.2) is 0 Å². The Morgan fingerprint density at radius 2 is 1.72 bits per heavy atom. The summed E-state index contributed by atoms with van der Waals surface area (Å²) in [6.45, 7) is 4.12. The summed E-state index contributed by atoms with van der Waals surface area (Å²) in [5.41, 5.74) is 7.72. The van der Waals surface area contributed by atoms with Crippen molar-refractivity contribution in [3.8, 4) is 22.5 Å². The van der Waals surface area contributed by atoms with E-state index in [1.54, 1.807) is 12.1 Å². The molecular weight excluding hydrogens is 361 g/mol. The molecule has 0 bridgehead atoms. The van der Waals surface area contributed by atoms with Crippen LogP contribution in [0.5, 0.6) is 0 Å². The van der Waals surface area contributed by atoms with E-state index in [-0.39, 0.29) is 5.82 Å². The Balaban J connectivity index is 1.60. The Bertz CT molecular complexity index is 1330. The summed E-state index contributed by atoms with van der Waals surface area (Å²) < 4.78 is 17.5. The van der Waals surface area contributed by atoms with Crippen LogP contribution in [0.1, 0.15) is 11.3 Å². The summed E-state index contributed by atoms with van der Waals surface area (Å²) in [5.74, 6) is -0.227. The highest BCUT2D eigenvalue weighted by Gasteiger charge is 2.11. The molecule has 3 nitrogen and oxygen atoms in total. The van der Waals surface area contributed by atoms with Crippen molar-refractivity contribution in [2.75, 3.05) is 0 Å². The largest absolute Gasteiger partial charge is 0.317 e. The standard InChI is InChI=1S/C25H20FN3/c1-17-14-19(6-11-24(17)28-15-18(2)27-16-28)22-4-3-5-25-23(22)12-13-29(25)21-9-7-20(26)8-10-21/h3-16H,1-2H3. The SMILES string of the molecule is Cc1cn(-c2ccc(-c3cccc4c3ccn4-c3ccc(F)cc3)cc2C)cn1. The summed E-state index contributed by atoms with van der Waals surface area (Å²) in [4.78, 5) is 4.33. The van der Waals surface area contributed by atoms with Gasteiger partial charge < -0.3 is 9.13 Å². The van der Waals surface area contributed by atoms with Crippen LogP contribution >= 0.6 is 0 Å². The smallest absolute Gasteiger partial charge is 0.123 e. The molecular formula is C25H20FN3. The molecule has 0 aliphatic rings. The van der Waals surface area contributed by atoms with E-state index in [0.29, 0.717) is 0 Å². The maximum Gasteiger partial charge on any atom is 0.123 e. The first-order valence-corrected chi connectivity index (χ1v) is 9.58. The minimum Gasteiger partial charge on any atom is -0.317 e. The Morgan fingerprint density at radius 1 is 0.897 bits per heavy atom. The Morgan fingerprint density at radius 3 is 2.45 bits per heavy atom. The summed E-state index contributed by atoms with van der Waals surface area (Å²) in [6.07, 6.45) is 5.92. The third-order valence-corrected chi connectivity index (χ3v) is 5.34. The molecule has 0 N–H and O–H groups in total. The minimum absolute atomic E-state index is 0.227. The van der Waals surface area contributed by atoms with Gasteiger partial charge in [-0.3, -0.25) is 0 Å². The van der Waals surface area contributed by atoms with Crippen LogP contribution in [-0.2, 0) is 0 Å². The van der Waals surface area contributed by atoms with Gasteiger partial charge in [0, 0.05) is 29.2 Å². The number of rotatable bonds is 3. The Labute approximate surface area is 168 Å². The van der Waals surface area contributed by atoms with Crippen LogP contribution in [0, 0.1) is 19.7 Å². The summed E-state index contributed by atoms with van der Waals surface area (Å²) in [5, 5.41) is 1.17. The third kappa shape index (κ3) is 3.03. The summed E-state index contributed by atoms with van der Waals surface area (Å²) in [7, 11) is 0. The van der Waals surface area contributed by atoms with E-state index in [2.05, 4.69) is 63.5 Å². The first-order chi connectivity index (χ1) is 14.1. The van der Waals surface area contributed by atoms with Crippen molar-refractivity contribution >= 4 is 10.9 Å². The number of aromatic nitrogens is 3. The molecule has 0 amide bonds. The molecule has 0 saturated carbocycles. The van der Waals surface area contributed by atoms with Gasteiger partial charge in [-0.2, -0.15) is 0 Å². The van der Waals surface area contributed by atoms with Crippen LogP contribution < -0.4 is 0 Å². The number of hydrogen-bond acceptors (Lipinski definition) is 1. The van der Waals surface area contributed by atoms with Crippen molar-refractivity contribution in [3.05, 3.63) is 103 Å². The van der Waals surface area contributed by atoms with E-state index >= 15 is 0 Å². The van der Waals surface area contributed by atoms with Gasteiger partial charge >= 0.3 is 0 Å². The normalized spacial score (nSPS) is 11.3. The third-order valence-electron chi connectivity index (χ3n) is 5.34. The molecule has 2 heterocycles. The van der Waals surface area contributed by atoms with Crippen molar-refractivity contribution in [2.45, 2.75) is 13.8 Å². The lowest BCUT2D eigenvalue weighted by atomic mass is 9.99. The van der Waals surface area contributed by atoms with Crippen LogP contribution in [0.4, 0.5) is 4.39 Å². The maximum absolute atomic E-state index is 13.3. The first kappa shape index (κ1) is 17.4. The van der Waals surface area contributed by atoms with Gasteiger partial charge in [0.2, 0.25) is 0 Å². The van der Waals surface area contributed by atoms with Crippen molar-refractivity contribution in [1.82, 2.24) is 14.1 Å². The zero-order chi connectivity index (χ0) is 20.0. The number of aryl methyl sites for hydroxylation is 2. The molecule has 0 radical (unpaired) electrons. The molecule has 5 rings (SSSR count). The second-order valence-corrected chi connectivity index (χ2v) is 7.32. The van der Waals surface area contributed by atoms with E-state index < -0.39 is 0 Å². The highest BCUT2D eigenvalue weighted by Crippen LogP contribution is 2.32. The average Bonchev–Trinajstić information content (AvgIpc) is 3.35. The topological polar surface area (TPSA) is 22.8 Å². The minimum atomic E-state index is -0.227. The molecule has 0 unspecified atom stereocenters. The van der Waals surface area contributed by atoms with Gasteiger partial charge in [0.25, 0.3) is 0 Å². The fraction of sp³-hybridized carbons (Fsp3) is 0.0800. The summed E-state index contributed by atoms with van der Waals surface area (Å²) >= 11 is 0. The Hall–Kier alpha value is -3.66. The van der Waals surface area contributed by atoms with E-state index in [9.17, 15) is 4.39 Å². The molecule has 0 aliphatic heterocycles. The number of imidazole rings is 1. The van der Waals surface area contributed by atoms with Crippen LogP contribution in [0.2, 0.25) is 0 Å². The first-order valence-electron chi connectivity index (χ1n) is 9.58. The zero-order valence-electron chi connectivity index (χ0n) is 16.3. The van der Waals surface area contributed by atoms with E-state index in [1.165, 1.54) is 34.2 Å². The zero-order valence-corrected chi connectivity index (χ0v) is 16.3. The quantitative estimate of drug-likeness (QED) is 0.363. The lowest BCUT2D eigenvalue weighted by Crippen LogP contribution is -1.94. The van der Waals surface area contributed by atoms with Crippen LogP contribution in [-0.4, -0.2) is 14.1 Å². The molecule has 5 aromatic rings. The lowest BCUT2D eigenvalue weighted by molar-refractivity contribution is 0.627. The van der Waals surface area contributed by atoms with Gasteiger partial charge in [-0.1, -0.05) is 18.2 Å². The highest BCUT2D eigenvalue weighted by molar-refractivity contribution is 5.96. The highest BCUT2D eigenvalue weighted by atomic mass is 19.1. The van der Waals surface area contributed by atoms with Gasteiger partial charge in [-0.25, -0.2) is 9.37 Å². The van der Waals surface area contributed by atoms with Gasteiger partial charge in [0.05, 0.1) is 17.5 Å². The van der Waals surface area contributed by atoms with Crippen LogP contribution in [0.15, 0.2) is 85.5 Å². The van der Waals surface area contributed by atoms with E-state index in [0.717, 1.165) is 22.6 Å². The second-order valence-electron chi connectivity index (χ2n) is 7.32. The van der Waals surface area contributed by atoms with Crippen molar-refractivity contribution < 1.29 is 4.39 Å². The number of benzene rings is 3. The van der Waals surface area contributed by atoms with Crippen molar-refractivity contribution in [1.29, 1.82) is 0 Å². The molecule has 4 heteroatoms. The van der Waals surface area contributed by atoms with Gasteiger partial charge in [0.1, 0.15) is 5.82 Å². The maximum atomic E-state index is 13.3. The van der Waals surface area contributed by atoms with Crippen LogP contribution in [0.3, 0.4) is 0 Å². The number of hydrogen-bond donors (Lipinski definition) is 0. The molecule has 0 aliphatic carbocycles. The molecule has 0 atom stereocenters. The van der Waals surface area contributed by atoms with E-state index in [1.807, 2.05) is 25.6 Å². The molecule has 142 valence electrons. The van der Waals surface area contributed by atoms with Gasteiger partial charge in [-0.05, 0) is 79.1 Å². The number of halogens is 1. The van der Waals surface area contributed by atoms with Crippen molar-refractivity contribution in [2.24, 2.45) is 0 Å². The predicted molar refractivity (Wildman–Crippen MR) is 115 cm³/mol.